The van der Waals surface area contributed by atoms with Crippen molar-refractivity contribution in [3.8, 4) is 0 Å². The van der Waals surface area contributed by atoms with Crippen LogP contribution in [0.25, 0.3) is 0 Å². The Morgan fingerprint density at radius 3 is 2.47 bits per heavy atom. The first kappa shape index (κ1) is 21.9. The molecular formula is C21H30O9. The highest BCUT2D eigenvalue weighted by molar-refractivity contribution is 5.90. The molecule has 10 atom stereocenters. The van der Waals surface area contributed by atoms with Crippen molar-refractivity contribution in [2.24, 2.45) is 17.8 Å². The second-order valence-corrected chi connectivity index (χ2v) is 8.91. The van der Waals surface area contributed by atoms with Gasteiger partial charge in [-0.3, -0.25) is 0 Å². The molecule has 30 heavy (non-hydrogen) atoms. The predicted molar refractivity (Wildman–Crippen MR) is 102 cm³/mol. The van der Waals surface area contributed by atoms with Crippen molar-refractivity contribution < 1.29 is 44.5 Å². The van der Waals surface area contributed by atoms with Crippen LogP contribution in [-0.2, 0) is 19.0 Å². The highest BCUT2D eigenvalue weighted by atomic mass is 16.7. The minimum absolute atomic E-state index is 0.0595. The molecule has 9 nitrogen and oxygen atoms in total. The standard InChI is InChI=1S/C21H30O9/c1-9-3-4-12-10(2)19(27)29-18(12)14-11(9)5-6-21(14,8-23)30-20-17(26)16(25)15(24)13(7-22)28-20/h11-18,20,22-26H,1-8H2/t11-,12-,13+,14-,15+,16-,17+,18-,20-,21-/m0/s1. The summed E-state index contributed by atoms with van der Waals surface area (Å²) in [7, 11) is 0. The predicted octanol–water partition coefficient (Wildman–Crippen LogP) is -0.992. The van der Waals surface area contributed by atoms with Crippen LogP contribution in [0.4, 0.5) is 0 Å². The van der Waals surface area contributed by atoms with Crippen molar-refractivity contribution in [3.05, 3.63) is 24.3 Å². The maximum Gasteiger partial charge on any atom is 0.334 e. The Morgan fingerprint density at radius 1 is 1.07 bits per heavy atom. The van der Waals surface area contributed by atoms with Gasteiger partial charge in [-0.05, 0) is 31.6 Å². The quantitative estimate of drug-likeness (QED) is 0.217. The van der Waals surface area contributed by atoms with Crippen LogP contribution in [0.2, 0.25) is 0 Å². The number of allylic oxidation sites excluding steroid dienone is 1. The summed E-state index contributed by atoms with van der Waals surface area (Å²) >= 11 is 0. The lowest BCUT2D eigenvalue weighted by molar-refractivity contribution is -0.337. The zero-order valence-corrected chi connectivity index (χ0v) is 16.7. The first-order valence-electron chi connectivity index (χ1n) is 10.4. The fourth-order valence-electron chi connectivity index (χ4n) is 5.67. The van der Waals surface area contributed by atoms with E-state index in [1.54, 1.807) is 0 Å². The molecule has 2 saturated heterocycles. The Balaban J connectivity index is 1.66. The van der Waals surface area contributed by atoms with Gasteiger partial charge < -0.3 is 39.7 Å². The van der Waals surface area contributed by atoms with Crippen LogP contribution in [0.3, 0.4) is 0 Å². The van der Waals surface area contributed by atoms with Crippen molar-refractivity contribution in [2.45, 2.75) is 68.1 Å². The third-order valence-electron chi connectivity index (χ3n) is 7.39. The third-order valence-corrected chi connectivity index (χ3v) is 7.39. The highest BCUT2D eigenvalue weighted by Gasteiger charge is 2.61. The van der Waals surface area contributed by atoms with Gasteiger partial charge in [0, 0.05) is 17.4 Å². The summed E-state index contributed by atoms with van der Waals surface area (Å²) in [6, 6.07) is 0. The van der Waals surface area contributed by atoms with Gasteiger partial charge in [0.2, 0.25) is 0 Å². The van der Waals surface area contributed by atoms with E-state index in [0.717, 1.165) is 5.57 Å². The highest BCUT2D eigenvalue weighted by Crippen LogP contribution is 2.55. The van der Waals surface area contributed by atoms with Crippen LogP contribution >= 0.6 is 0 Å². The molecule has 0 aromatic rings. The summed E-state index contributed by atoms with van der Waals surface area (Å²) in [5, 5.41) is 50.4. The van der Waals surface area contributed by atoms with E-state index in [1.165, 1.54) is 0 Å². The second kappa shape index (κ2) is 7.98. The number of fused-ring (bicyclic) bond motifs is 3. The molecule has 0 radical (unpaired) electrons. The molecule has 2 saturated carbocycles. The van der Waals surface area contributed by atoms with Gasteiger partial charge in [-0.15, -0.1) is 0 Å². The monoisotopic (exact) mass is 426 g/mol. The molecule has 2 aliphatic carbocycles. The molecule has 0 bridgehead atoms. The van der Waals surface area contributed by atoms with Crippen LogP contribution in [0, 0.1) is 17.8 Å². The Hall–Kier alpha value is -1.33. The summed E-state index contributed by atoms with van der Waals surface area (Å²) < 4.78 is 17.3. The molecule has 168 valence electrons. The second-order valence-electron chi connectivity index (χ2n) is 8.91. The van der Waals surface area contributed by atoms with Gasteiger partial charge in [0.05, 0.1) is 13.2 Å². The fourth-order valence-corrected chi connectivity index (χ4v) is 5.67. The van der Waals surface area contributed by atoms with Crippen LogP contribution in [0.15, 0.2) is 24.3 Å². The average Bonchev–Trinajstić information content (AvgIpc) is 3.19. The normalized spacial score (nSPS) is 48.8. The number of hydrogen-bond donors (Lipinski definition) is 5. The Bertz CT molecular complexity index is 721. The Labute approximate surface area is 174 Å². The van der Waals surface area contributed by atoms with Crippen molar-refractivity contribution in [2.75, 3.05) is 13.2 Å². The number of esters is 1. The number of rotatable bonds is 4. The summed E-state index contributed by atoms with van der Waals surface area (Å²) in [5.74, 6) is -1.16. The van der Waals surface area contributed by atoms with Crippen molar-refractivity contribution in [3.63, 3.8) is 0 Å². The summed E-state index contributed by atoms with van der Waals surface area (Å²) in [6.07, 6.45) is -5.31. The van der Waals surface area contributed by atoms with Gasteiger partial charge in [-0.1, -0.05) is 18.7 Å². The maximum absolute atomic E-state index is 12.2. The number of aliphatic hydroxyl groups excluding tert-OH is 5. The molecular weight excluding hydrogens is 396 g/mol. The van der Waals surface area contributed by atoms with E-state index >= 15 is 0 Å². The Kier molecular flexibility index (Phi) is 5.82. The van der Waals surface area contributed by atoms with Gasteiger partial charge in [0.25, 0.3) is 0 Å². The van der Waals surface area contributed by atoms with E-state index in [4.69, 9.17) is 14.2 Å². The van der Waals surface area contributed by atoms with Gasteiger partial charge in [0.15, 0.2) is 6.29 Å². The maximum atomic E-state index is 12.2. The van der Waals surface area contributed by atoms with Crippen molar-refractivity contribution in [1.29, 1.82) is 0 Å². The van der Waals surface area contributed by atoms with Crippen LogP contribution in [-0.4, -0.2) is 87.1 Å². The molecule has 9 heteroatoms. The fraction of sp³-hybridized carbons (Fsp3) is 0.762. The number of aliphatic hydroxyl groups is 5. The number of carbonyl (C=O) groups excluding carboxylic acids is 1. The number of hydrogen-bond acceptors (Lipinski definition) is 9. The van der Waals surface area contributed by atoms with Crippen molar-refractivity contribution >= 4 is 5.97 Å². The average molecular weight is 426 g/mol. The SMILES string of the molecule is C=C1C(=O)O[C@@H]2[C@@H]3[C@@H](CC[C@@]3(CO)O[C@@H]3O[C@H](CO)[C@@H](O)[C@H](O)[C@H]3O)C(=C)CC[C@@H]12. The van der Waals surface area contributed by atoms with E-state index in [9.17, 15) is 30.3 Å². The van der Waals surface area contributed by atoms with E-state index in [0.29, 0.717) is 31.3 Å². The van der Waals surface area contributed by atoms with Crippen LogP contribution in [0.1, 0.15) is 25.7 Å². The molecule has 4 aliphatic rings. The van der Waals surface area contributed by atoms with E-state index in [2.05, 4.69) is 13.2 Å². The van der Waals surface area contributed by atoms with E-state index in [-0.39, 0.29) is 11.8 Å². The zero-order valence-electron chi connectivity index (χ0n) is 16.7. The molecule has 2 heterocycles. The molecule has 0 aromatic carbocycles. The summed E-state index contributed by atoms with van der Waals surface area (Å²) in [4.78, 5) is 12.2. The lowest BCUT2D eigenvalue weighted by Gasteiger charge is -2.46. The third kappa shape index (κ3) is 3.24. The van der Waals surface area contributed by atoms with Gasteiger partial charge in [-0.25, -0.2) is 4.79 Å². The van der Waals surface area contributed by atoms with Crippen molar-refractivity contribution in [1.82, 2.24) is 0 Å². The molecule has 0 amide bonds. The first-order chi connectivity index (χ1) is 14.2. The van der Waals surface area contributed by atoms with E-state index in [1.807, 2.05) is 0 Å². The van der Waals surface area contributed by atoms with E-state index < -0.39 is 67.5 Å². The Morgan fingerprint density at radius 2 is 1.80 bits per heavy atom. The number of carbonyl (C=O) groups is 1. The topological polar surface area (TPSA) is 146 Å². The first-order valence-corrected chi connectivity index (χ1v) is 10.4. The van der Waals surface area contributed by atoms with Gasteiger partial charge in [-0.2, -0.15) is 0 Å². The molecule has 2 aliphatic heterocycles. The minimum atomic E-state index is -1.59. The lowest BCUT2D eigenvalue weighted by atomic mass is 9.76. The molecule has 5 N–H and O–H groups in total. The lowest BCUT2D eigenvalue weighted by Crippen LogP contribution is -2.62. The van der Waals surface area contributed by atoms with Gasteiger partial charge >= 0.3 is 5.97 Å². The minimum Gasteiger partial charge on any atom is -0.458 e. The molecule has 0 aromatic heterocycles. The van der Waals surface area contributed by atoms with Crippen LogP contribution in [0.5, 0.6) is 0 Å². The zero-order chi connectivity index (χ0) is 21.8. The molecule has 0 unspecified atom stereocenters. The summed E-state index contributed by atoms with van der Waals surface area (Å²) in [5.41, 5.74) is 0.172. The van der Waals surface area contributed by atoms with Crippen LogP contribution < -0.4 is 0 Å². The smallest absolute Gasteiger partial charge is 0.334 e. The summed E-state index contributed by atoms with van der Waals surface area (Å²) in [6.45, 7) is 7.07. The number of ether oxygens (including phenoxy) is 3. The molecule has 4 fully saturated rings. The molecule has 0 spiro atoms. The molecule has 4 rings (SSSR count). The largest absolute Gasteiger partial charge is 0.458 e. The van der Waals surface area contributed by atoms with Gasteiger partial charge in [0.1, 0.15) is 36.1 Å².